The molecule has 0 aliphatic rings. The van der Waals surface area contributed by atoms with Gasteiger partial charge >= 0.3 is 0 Å². The minimum absolute atomic E-state index is 1.14. The zero-order chi connectivity index (χ0) is 21.5. The van der Waals surface area contributed by atoms with Crippen molar-refractivity contribution in [3.05, 3.63) is 102 Å². The van der Waals surface area contributed by atoms with Crippen molar-refractivity contribution in [1.29, 1.82) is 0 Å². The van der Waals surface area contributed by atoms with Crippen molar-refractivity contribution in [2.45, 2.75) is 6.92 Å². The molecule has 5 rings (SSSR count). The molecule has 0 N–H and O–H groups in total. The summed E-state index contributed by atoms with van der Waals surface area (Å²) in [6.07, 6.45) is 10.2. The Hall–Kier alpha value is -3.62. The van der Waals surface area contributed by atoms with Crippen LogP contribution in [0.1, 0.15) is 28.5 Å². The molecule has 3 aromatic carbocycles. The smallest absolute Gasteiger partial charge is 0.0726 e. The van der Waals surface area contributed by atoms with Crippen LogP contribution in [0, 0.1) is 0 Å². The highest BCUT2D eigenvalue weighted by atomic mass is 32.1. The molecule has 2 aromatic heterocycles. The van der Waals surface area contributed by atoms with Gasteiger partial charge in [0.25, 0.3) is 0 Å². The summed E-state index contributed by atoms with van der Waals surface area (Å²) in [5.41, 5.74) is 7.04. The van der Waals surface area contributed by atoms with Crippen LogP contribution in [0.5, 0.6) is 0 Å². The van der Waals surface area contributed by atoms with Crippen LogP contribution in [-0.4, -0.2) is 4.57 Å². The van der Waals surface area contributed by atoms with E-state index < -0.39 is 0 Å². The Bertz CT molecular complexity index is 1520. The molecule has 0 saturated heterocycles. The fourth-order valence-corrected chi connectivity index (χ4v) is 5.85. The Balaban J connectivity index is 2.19. The molecular formula is C29H23NS. The second-order valence-corrected chi connectivity index (χ2v) is 8.49. The molecule has 31 heavy (non-hydrogen) atoms. The lowest BCUT2D eigenvalue weighted by molar-refractivity contribution is 1.19. The number of benzene rings is 3. The first-order valence-electron chi connectivity index (χ1n) is 10.4. The Kier molecular flexibility index (Phi) is 4.72. The quantitative estimate of drug-likeness (QED) is 0.269. The lowest BCUT2D eigenvalue weighted by Crippen LogP contribution is -1.94. The number of fused-ring (bicyclic) bond motifs is 5. The number of hydrogen-bond donors (Lipinski definition) is 0. The molecule has 0 amide bonds. The standard InChI is InChI=1S/C29H23NS/c1-5-14-22-20(6-2)26-23-17-12-13-18-24(23)30(19-15-10-9-11-16-19)28(26)29-27(22)21(7-3)25(8-4)31-29/h5-18H,2-4H2,1H3/b14-5-. The average molecular weight is 418 g/mol. The van der Waals surface area contributed by atoms with Crippen LogP contribution in [0.3, 0.4) is 0 Å². The summed E-state index contributed by atoms with van der Waals surface area (Å²) in [6, 6.07) is 19.2. The van der Waals surface area contributed by atoms with Crippen molar-refractivity contribution in [3.8, 4) is 5.69 Å². The average Bonchev–Trinajstić information content (AvgIpc) is 3.36. The Morgan fingerprint density at radius 3 is 2.16 bits per heavy atom. The second-order valence-electron chi connectivity index (χ2n) is 7.44. The SMILES string of the molecule is C=Cc1sc2c(c1C=C)c(/C=C\C)c(C=C)c1c3ccccc3n(-c3ccccc3)c21. The number of aromatic nitrogens is 1. The fourth-order valence-electron chi connectivity index (χ4n) is 4.64. The molecule has 0 saturated carbocycles. The van der Waals surface area contributed by atoms with E-state index in [-0.39, 0.29) is 0 Å². The van der Waals surface area contributed by atoms with Crippen LogP contribution in [0.15, 0.2) is 80.4 Å². The first kappa shape index (κ1) is 19.3. The molecule has 0 fully saturated rings. The molecule has 2 heteroatoms. The van der Waals surface area contributed by atoms with Crippen LogP contribution < -0.4 is 0 Å². The number of para-hydroxylation sites is 2. The van der Waals surface area contributed by atoms with Crippen molar-refractivity contribution in [1.82, 2.24) is 4.57 Å². The summed E-state index contributed by atoms with van der Waals surface area (Å²) in [6.45, 7) is 14.5. The normalized spacial score (nSPS) is 11.6. The van der Waals surface area contributed by atoms with Gasteiger partial charge < -0.3 is 4.57 Å². The van der Waals surface area contributed by atoms with E-state index in [9.17, 15) is 0 Å². The highest BCUT2D eigenvalue weighted by molar-refractivity contribution is 7.21. The topological polar surface area (TPSA) is 4.93 Å². The predicted octanol–water partition coefficient (Wildman–Crippen LogP) is 8.96. The third kappa shape index (κ3) is 2.69. The Morgan fingerprint density at radius 2 is 1.48 bits per heavy atom. The first-order valence-corrected chi connectivity index (χ1v) is 11.2. The number of hydrogen-bond acceptors (Lipinski definition) is 1. The van der Waals surface area contributed by atoms with Crippen LogP contribution in [0.4, 0.5) is 0 Å². The molecule has 5 aromatic rings. The third-order valence-electron chi connectivity index (χ3n) is 5.83. The molecule has 0 radical (unpaired) electrons. The summed E-state index contributed by atoms with van der Waals surface area (Å²) in [7, 11) is 0. The van der Waals surface area contributed by atoms with E-state index in [2.05, 4.69) is 98.0 Å². The number of allylic oxidation sites excluding steroid dienone is 1. The highest BCUT2D eigenvalue weighted by Gasteiger charge is 2.23. The molecule has 0 bridgehead atoms. The van der Waals surface area contributed by atoms with Crippen LogP contribution in [-0.2, 0) is 0 Å². The summed E-state index contributed by atoms with van der Waals surface area (Å²) in [4.78, 5) is 1.14. The molecule has 0 atom stereocenters. The van der Waals surface area contributed by atoms with Crippen molar-refractivity contribution >= 4 is 67.5 Å². The first-order chi connectivity index (χ1) is 15.2. The summed E-state index contributed by atoms with van der Waals surface area (Å²) in [5.74, 6) is 0. The van der Waals surface area contributed by atoms with Gasteiger partial charge in [0.1, 0.15) is 0 Å². The molecule has 0 aliphatic heterocycles. The fraction of sp³-hybridized carbons (Fsp3) is 0.0345. The van der Waals surface area contributed by atoms with Crippen LogP contribution >= 0.6 is 11.3 Å². The van der Waals surface area contributed by atoms with Crippen molar-refractivity contribution < 1.29 is 0 Å². The lowest BCUT2D eigenvalue weighted by Gasteiger charge is -2.12. The van der Waals surface area contributed by atoms with E-state index in [0.29, 0.717) is 0 Å². The van der Waals surface area contributed by atoms with Crippen molar-refractivity contribution in [2.75, 3.05) is 0 Å². The van der Waals surface area contributed by atoms with Gasteiger partial charge in [-0.3, -0.25) is 0 Å². The molecule has 0 spiro atoms. The molecule has 1 nitrogen and oxygen atoms in total. The van der Waals surface area contributed by atoms with E-state index in [1.807, 2.05) is 18.2 Å². The summed E-state index contributed by atoms with van der Waals surface area (Å²) >= 11 is 1.78. The minimum Gasteiger partial charge on any atom is -0.308 e. The van der Waals surface area contributed by atoms with E-state index in [0.717, 1.165) is 21.7 Å². The van der Waals surface area contributed by atoms with E-state index in [1.165, 1.54) is 37.5 Å². The van der Waals surface area contributed by atoms with Gasteiger partial charge in [0.05, 0.1) is 15.7 Å². The maximum absolute atomic E-state index is 4.22. The van der Waals surface area contributed by atoms with E-state index in [4.69, 9.17) is 0 Å². The second kappa shape index (κ2) is 7.57. The summed E-state index contributed by atoms with van der Waals surface area (Å²) < 4.78 is 3.63. The zero-order valence-corrected chi connectivity index (χ0v) is 18.4. The molecule has 0 aliphatic carbocycles. The van der Waals surface area contributed by atoms with Crippen LogP contribution in [0.2, 0.25) is 0 Å². The molecular weight excluding hydrogens is 394 g/mol. The van der Waals surface area contributed by atoms with Gasteiger partial charge in [-0.25, -0.2) is 0 Å². The monoisotopic (exact) mass is 417 g/mol. The minimum atomic E-state index is 1.14. The highest BCUT2D eigenvalue weighted by Crippen LogP contribution is 2.47. The lowest BCUT2D eigenvalue weighted by atomic mass is 9.94. The van der Waals surface area contributed by atoms with Gasteiger partial charge in [0, 0.05) is 32.3 Å². The molecule has 2 heterocycles. The van der Waals surface area contributed by atoms with E-state index >= 15 is 0 Å². The van der Waals surface area contributed by atoms with Gasteiger partial charge in [-0.15, -0.1) is 11.3 Å². The molecule has 150 valence electrons. The van der Waals surface area contributed by atoms with Gasteiger partial charge in [0.15, 0.2) is 0 Å². The Labute approximate surface area is 186 Å². The van der Waals surface area contributed by atoms with Gasteiger partial charge in [-0.2, -0.15) is 0 Å². The number of nitrogens with zero attached hydrogens (tertiary/aromatic N) is 1. The third-order valence-corrected chi connectivity index (χ3v) is 7.04. The largest absolute Gasteiger partial charge is 0.308 e. The van der Waals surface area contributed by atoms with Gasteiger partial charge in [-0.1, -0.05) is 86.5 Å². The number of thiophene rings is 1. The number of rotatable bonds is 5. The van der Waals surface area contributed by atoms with Crippen LogP contribution in [0.25, 0.3) is 61.9 Å². The van der Waals surface area contributed by atoms with E-state index in [1.54, 1.807) is 11.3 Å². The van der Waals surface area contributed by atoms with Gasteiger partial charge in [0.2, 0.25) is 0 Å². The van der Waals surface area contributed by atoms with Gasteiger partial charge in [-0.05, 0) is 36.2 Å². The maximum Gasteiger partial charge on any atom is 0.0726 e. The predicted molar refractivity (Wildman–Crippen MR) is 141 cm³/mol. The Morgan fingerprint density at radius 1 is 0.774 bits per heavy atom. The molecule has 0 unspecified atom stereocenters. The van der Waals surface area contributed by atoms with Crippen molar-refractivity contribution in [2.24, 2.45) is 0 Å². The zero-order valence-electron chi connectivity index (χ0n) is 17.6. The maximum atomic E-state index is 4.22. The summed E-state index contributed by atoms with van der Waals surface area (Å²) in [5, 5.41) is 3.69. The van der Waals surface area contributed by atoms with Crippen molar-refractivity contribution in [3.63, 3.8) is 0 Å².